The summed E-state index contributed by atoms with van der Waals surface area (Å²) < 4.78 is 22.1. The molecule has 0 spiro atoms. The smallest absolute Gasteiger partial charge is 0.294 e. The first-order valence-corrected chi connectivity index (χ1v) is 14.1. The molecule has 1 aliphatic heterocycles. The van der Waals surface area contributed by atoms with Crippen molar-refractivity contribution in [2.75, 3.05) is 11.9 Å². The first-order chi connectivity index (χ1) is 17.2. The van der Waals surface area contributed by atoms with Crippen molar-refractivity contribution in [3.63, 3.8) is 0 Å². The van der Waals surface area contributed by atoms with Crippen LogP contribution in [0.1, 0.15) is 11.1 Å². The van der Waals surface area contributed by atoms with Gasteiger partial charge in [0.25, 0.3) is 11.1 Å². The van der Waals surface area contributed by atoms with Gasteiger partial charge in [0.2, 0.25) is 5.91 Å². The first-order valence-electron chi connectivity index (χ1n) is 10.4. The van der Waals surface area contributed by atoms with Crippen molar-refractivity contribution in [2.45, 2.75) is 6.61 Å². The van der Waals surface area contributed by atoms with E-state index < -0.39 is 29.4 Å². The second-order valence-electron chi connectivity index (χ2n) is 7.56. The Morgan fingerprint density at radius 2 is 1.78 bits per heavy atom. The molecule has 0 aliphatic carbocycles. The van der Waals surface area contributed by atoms with Crippen molar-refractivity contribution in [1.29, 1.82) is 0 Å². The van der Waals surface area contributed by atoms with E-state index in [0.29, 0.717) is 6.61 Å². The number of hydrogen-bond donors (Lipinski definition) is 1. The summed E-state index contributed by atoms with van der Waals surface area (Å²) >= 11 is 8.53. The van der Waals surface area contributed by atoms with Gasteiger partial charge >= 0.3 is 0 Å². The van der Waals surface area contributed by atoms with Crippen molar-refractivity contribution in [1.82, 2.24) is 4.90 Å². The lowest BCUT2D eigenvalue weighted by molar-refractivity contribution is -0.127. The van der Waals surface area contributed by atoms with Crippen molar-refractivity contribution in [2.24, 2.45) is 0 Å². The predicted octanol–water partition coefficient (Wildman–Crippen LogP) is 7.05. The fraction of sp³-hybridized carbons (Fsp3) is 0.0800. The molecule has 1 fully saturated rings. The van der Waals surface area contributed by atoms with Gasteiger partial charge in [0.05, 0.1) is 12.0 Å². The number of thioether (sulfide) groups is 1. The zero-order chi connectivity index (χ0) is 25.8. The molecular formula is C25H16BrFI2N2O4S. The molecule has 0 aromatic heterocycles. The number of benzene rings is 3. The maximum absolute atomic E-state index is 13.3. The second kappa shape index (κ2) is 12.0. The molecule has 3 aromatic carbocycles. The molecule has 184 valence electrons. The number of rotatable bonds is 7. The van der Waals surface area contributed by atoms with Crippen molar-refractivity contribution in [3.8, 4) is 5.75 Å². The SMILES string of the molecule is O=C(CN1C(=O)S/C(=C/c2cc(I)c(OCc3ccc(Br)cc3)c(I)c2)C1=O)Nc1cccc(F)c1. The summed E-state index contributed by atoms with van der Waals surface area (Å²) in [6, 6.07) is 17.0. The Morgan fingerprint density at radius 3 is 2.44 bits per heavy atom. The molecule has 0 saturated carbocycles. The molecule has 1 heterocycles. The van der Waals surface area contributed by atoms with Gasteiger partial charge in [-0.1, -0.05) is 34.1 Å². The van der Waals surface area contributed by atoms with Crippen LogP contribution in [-0.2, 0) is 16.2 Å². The highest BCUT2D eigenvalue weighted by Crippen LogP contribution is 2.35. The molecule has 0 bridgehead atoms. The van der Waals surface area contributed by atoms with Crippen molar-refractivity contribution >= 4 is 102 Å². The fourth-order valence-electron chi connectivity index (χ4n) is 3.23. The van der Waals surface area contributed by atoms with E-state index in [1.807, 2.05) is 36.4 Å². The van der Waals surface area contributed by atoms with Gasteiger partial charge in [-0.3, -0.25) is 19.3 Å². The molecular weight excluding hydrogens is 777 g/mol. The maximum atomic E-state index is 13.3. The highest BCUT2D eigenvalue weighted by molar-refractivity contribution is 14.1. The molecule has 3 aromatic rings. The van der Waals surface area contributed by atoms with Crippen LogP contribution in [0.2, 0.25) is 0 Å². The lowest BCUT2D eigenvalue weighted by Crippen LogP contribution is -2.36. The Bertz CT molecular complexity index is 1360. The van der Waals surface area contributed by atoms with E-state index in [0.717, 1.165) is 51.2 Å². The Kier molecular flexibility index (Phi) is 9.06. The minimum absolute atomic E-state index is 0.216. The van der Waals surface area contributed by atoms with Gasteiger partial charge in [-0.05, 0) is 117 Å². The van der Waals surface area contributed by atoms with Crippen LogP contribution in [0.3, 0.4) is 0 Å². The van der Waals surface area contributed by atoms with E-state index in [1.54, 1.807) is 6.08 Å². The molecule has 36 heavy (non-hydrogen) atoms. The average Bonchev–Trinajstić information content (AvgIpc) is 3.07. The molecule has 1 N–H and O–H groups in total. The highest BCUT2D eigenvalue weighted by Gasteiger charge is 2.36. The average molecular weight is 793 g/mol. The Morgan fingerprint density at radius 1 is 1.08 bits per heavy atom. The maximum Gasteiger partial charge on any atom is 0.294 e. The number of anilines is 1. The minimum atomic E-state index is -0.597. The quantitative estimate of drug-likeness (QED) is 0.205. The third-order valence-electron chi connectivity index (χ3n) is 4.90. The van der Waals surface area contributed by atoms with Crippen LogP contribution in [0, 0.1) is 13.0 Å². The van der Waals surface area contributed by atoms with Gasteiger partial charge < -0.3 is 10.1 Å². The second-order valence-corrected chi connectivity index (χ2v) is 11.8. The number of imide groups is 1. The fourth-order valence-corrected chi connectivity index (χ4v) is 6.47. The predicted molar refractivity (Wildman–Crippen MR) is 158 cm³/mol. The Balaban J connectivity index is 1.43. The molecule has 4 rings (SSSR count). The number of halogens is 4. The van der Waals surface area contributed by atoms with Crippen LogP contribution in [0.4, 0.5) is 14.9 Å². The standard InChI is InChI=1S/C25H16BrFI2N2O4S/c26-16-6-4-14(5-7-16)13-35-23-19(28)8-15(9-20(23)29)10-21-24(33)31(25(34)36-21)12-22(32)30-18-3-1-2-17(27)11-18/h1-11H,12-13H2,(H,30,32)/b21-10+. The third-order valence-corrected chi connectivity index (χ3v) is 7.94. The van der Waals surface area contributed by atoms with Gasteiger partial charge in [-0.15, -0.1) is 0 Å². The van der Waals surface area contributed by atoms with E-state index in [2.05, 4.69) is 66.4 Å². The van der Waals surface area contributed by atoms with Gasteiger partial charge in [0, 0.05) is 10.2 Å². The van der Waals surface area contributed by atoms with Gasteiger partial charge in [-0.25, -0.2) is 4.39 Å². The largest absolute Gasteiger partial charge is 0.487 e. The van der Waals surface area contributed by atoms with Crippen LogP contribution in [-0.4, -0.2) is 28.5 Å². The molecule has 3 amide bonds. The number of nitrogens with zero attached hydrogens (tertiary/aromatic N) is 1. The number of amides is 3. The lowest BCUT2D eigenvalue weighted by Gasteiger charge is -2.13. The lowest BCUT2D eigenvalue weighted by atomic mass is 10.2. The summed E-state index contributed by atoms with van der Waals surface area (Å²) in [6.45, 7) is -0.0500. The zero-order valence-corrected chi connectivity index (χ0v) is 25.0. The summed E-state index contributed by atoms with van der Waals surface area (Å²) in [5, 5.41) is 1.95. The number of carbonyl (C=O) groups is 3. The number of hydrogen-bond acceptors (Lipinski definition) is 5. The molecule has 6 nitrogen and oxygen atoms in total. The normalized spacial score (nSPS) is 14.4. The third kappa shape index (κ3) is 6.86. The van der Waals surface area contributed by atoms with Crippen LogP contribution in [0.15, 0.2) is 70.0 Å². The van der Waals surface area contributed by atoms with Crippen LogP contribution >= 0.6 is 72.9 Å². The molecule has 0 atom stereocenters. The topological polar surface area (TPSA) is 75.7 Å². The summed E-state index contributed by atoms with van der Waals surface area (Å²) in [7, 11) is 0. The van der Waals surface area contributed by atoms with Crippen LogP contribution in [0.5, 0.6) is 5.75 Å². The van der Waals surface area contributed by atoms with Gasteiger partial charge in [0.15, 0.2) is 0 Å². The van der Waals surface area contributed by atoms with E-state index >= 15 is 0 Å². The number of nitrogens with one attached hydrogen (secondary N) is 1. The van der Waals surface area contributed by atoms with Crippen molar-refractivity contribution < 1.29 is 23.5 Å². The highest BCUT2D eigenvalue weighted by atomic mass is 127. The zero-order valence-electron chi connectivity index (χ0n) is 18.3. The molecule has 0 unspecified atom stereocenters. The first kappa shape index (κ1) is 27.1. The van der Waals surface area contributed by atoms with E-state index in [1.165, 1.54) is 18.2 Å². The summed E-state index contributed by atoms with van der Waals surface area (Å²) in [6.07, 6.45) is 1.62. The van der Waals surface area contributed by atoms with E-state index in [9.17, 15) is 18.8 Å². The van der Waals surface area contributed by atoms with E-state index in [-0.39, 0.29) is 10.6 Å². The molecule has 0 radical (unpaired) electrons. The van der Waals surface area contributed by atoms with Gasteiger partial charge in [0.1, 0.15) is 24.7 Å². The Hall–Kier alpha value is -1.97. The van der Waals surface area contributed by atoms with Crippen LogP contribution in [0.25, 0.3) is 6.08 Å². The number of carbonyl (C=O) groups excluding carboxylic acids is 3. The monoisotopic (exact) mass is 792 g/mol. The van der Waals surface area contributed by atoms with Crippen molar-refractivity contribution in [3.05, 3.63) is 94.1 Å². The van der Waals surface area contributed by atoms with E-state index in [4.69, 9.17) is 4.74 Å². The van der Waals surface area contributed by atoms with Gasteiger partial charge in [-0.2, -0.15) is 0 Å². The minimum Gasteiger partial charge on any atom is -0.487 e. The number of ether oxygens (including phenoxy) is 1. The summed E-state index contributed by atoms with van der Waals surface area (Å²) in [5.41, 5.74) is 2.01. The molecule has 1 aliphatic rings. The molecule has 1 saturated heterocycles. The van der Waals surface area contributed by atoms with Crippen LogP contribution < -0.4 is 10.1 Å². The summed E-state index contributed by atoms with van der Waals surface area (Å²) in [5.74, 6) is -0.921. The Labute approximate surface area is 246 Å². The summed E-state index contributed by atoms with van der Waals surface area (Å²) in [4.78, 5) is 38.6. The molecule has 11 heteroatoms.